The van der Waals surface area contributed by atoms with Gasteiger partial charge in [0.25, 0.3) is 0 Å². The van der Waals surface area contributed by atoms with Crippen LogP contribution in [0.5, 0.6) is 11.5 Å². The van der Waals surface area contributed by atoms with Crippen LogP contribution in [0.2, 0.25) is 0 Å². The average molecular weight is 279 g/mol. The van der Waals surface area contributed by atoms with Crippen molar-refractivity contribution in [2.45, 2.75) is 13.5 Å². The second-order valence-corrected chi connectivity index (χ2v) is 4.14. The fourth-order valence-electron chi connectivity index (χ4n) is 1.78. The molecule has 2 aromatic rings. The second kappa shape index (κ2) is 6.23. The Labute approximate surface area is 115 Å². The maximum Gasteiger partial charge on any atom is 0.191 e. The lowest BCUT2D eigenvalue weighted by Crippen LogP contribution is -2.04. The molecule has 0 fully saturated rings. The van der Waals surface area contributed by atoms with Crippen LogP contribution in [0.1, 0.15) is 12.5 Å². The van der Waals surface area contributed by atoms with Gasteiger partial charge in [-0.15, -0.1) is 0 Å². The fourth-order valence-corrected chi connectivity index (χ4v) is 1.78. The molecule has 0 heterocycles. The van der Waals surface area contributed by atoms with Gasteiger partial charge in [-0.25, -0.2) is 8.78 Å². The Hall–Kier alpha value is -2.30. The lowest BCUT2D eigenvalue weighted by Gasteiger charge is -2.13. The highest BCUT2D eigenvalue weighted by Gasteiger charge is 2.11. The fraction of sp³-hybridized carbons (Fsp3) is 0.200. The van der Waals surface area contributed by atoms with Crippen molar-refractivity contribution in [2.75, 3.05) is 12.3 Å². The molecule has 0 atom stereocenters. The Kier molecular flexibility index (Phi) is 4.40. The number of para-hydroxylation sites is 1. The van der Waals surface area contributed by atoms with Crippen LogP contribution in [-0.4, -0.2) is 6.61 Å². The van der Waals surface area contributed by atoms with Crippen LogP contribution in [0, 0.1) is 11.6 Å². The highest BCUT2D eigenvalue weighted by atomic mass is 19.1. The van der Waals surface area contributed by atoms with Gasteiger partial charge in [0.15, 0.2) is 17.4 Å². The topological polar surface area (TPSA) is 44.5 Å². The first-order valence-electron chi connectivity index (χ1n) is 6.19. The van der Waals surface area contributed by atoms with Gasteiger partial charge in [-0.05, 0) is 37.3 Å². The summed E-state index contributed by atoms with van der Waals surface area (Å²) < 4.78 is 37.5. The van der Waals surface area contributed by atoms with Gasteiger partial charge in [0, 0.05) is 11.3 Å². The number of ether oxygens (including phenoxy) is 2. The summed E-state index contributed by atoms with van der Waals surface area (Å²) in [6.45, 7) is 2.29. The molecule has 106 valence electrons. The van der Waals surface area contributed by atoms with Crippen molar-refractivity contribution in [3.63, 3.8) is 0 Å². The molecule has 0 aliphatic heterocycles. The summed E-state index contributed by atoms with van der Waals surface area (Å²) in [5, 5.41) is 0. The largest absolute Gasteiger partial charge is 0.493 e. The predicted octanol–water partition coefficient (Wildman–Crippen LogP) is 3.52. The molecule has 0 amide bonds. The summed E-state index contributed by atoms with van der Waals surface area (Å²) >= 11 is 0. The molecule has 2 aromatic carbocycles. The van der Waals surface area contributed by atoms with Crippen LogP contribution in [0.4, 0.5) is 14.5 Å². The molecule has 5 heteroatoms. The monoisotopic (exact) mass is 279 g/mol. The number of benzene rings is 2. The molecule has 0 spiro atoms. The number of nitrogen functional groups attached to an aromatic ring is 1. The van der Waals surface area contributed by atoms with Gasteiger partial charge in [0.2, 0.25) is 0 Å². The highest BCUT2D eigenvalue weighted by molar-refractivity contribution is 5.47. The maximum absolute atomic E-state index is 13.5. The molecule has 2 N–H and O–H groups in total. The number of halogens is 2. The minimum Gasteiger partial charge on any atom is -0.493 e. The third kappa shape index (κ3) is 3.17. The first-order chi connectivity index (χ1) is 9.61. The lowest BCUT2D eigenvalue weighted by atomic mass is 10.2. The minimum absolute atomic E-state index is 0.0295. The van der Waals surface area contributed by atoms with Gasteiger partial charge in [-0.2, -0.15) is 0 Å². The quantitative estimate of drug-likeness (QED) is 0.852. The number of rotatable bonds is 5. The summed E-state index contributed by atoms with van der Waals surface area (Å²) in [5.74, 6) is -1.31. The van der Waals surface area contributed by atoms with Crippen molar-refractivity contribution >= 4 is 5.69 Å². The Bertz CT molecular complexity index is 582. The van der Waals surface area contributed by atoms with Crippen LogP contribution in [0.15, 0.2) is 36.4 Å². The van der Waals surface area contributed by atoms with E-state index in [-0.39, 0.29) is 6.61 Å². The normalized spacial score (nSPS) is 10.3. The summed E-state index contributed by atoms with van der Waals surface area (Å²) in [5.41, 5.74) is 6.86. The van der Waals surface area contributed by atoms with Crippen molar-refractivity contribution in [2.24, 2.45) is 0 Å². The molecule has 2 rings (SSSR count). The van der Waals surface area contributed by atoms with E-state index in [0.29, 0.717) is 23.6 Å². The van der Waals surface area contributed by atoms with Crippen molar-refractivity contribution in [3.8, 4) is 11.5 Å². The molecule has 0 unspecified atom stereocenters. The summed E-state index contributed by atoms with van der Waals surface area (Å²) in [6.07, 6.45) is 0. The SMILES string of the molecule is CCOc1ccc(N)cc1COc1c(F)cccc1F. The average Bonchev–Trinajstić information content (AvgIpc) is 2.41. The van der Waals surface area contributed by atoms with Gasteiger partial charge >= 0.3 is 0 Å². The van der Waals surface area contributed by atoms with Gasteiger partial charge in [-0.1, -0.05) is 6.07 Å². The lowest BCUT2D eigenvalue weighted by molar-refractivity contribution is 0.263. The zero-order valence-electron chi connectivity index (χ0n) is 11.0. The van der Waals surface area contributed by atoms with Gasteiger partial charge in [0.1, 0.15) is 12.4 Å². The van der Waals surface area contributed by atoms with Crippen LogP contribution < -0.4 is 15.2 Å². The van der Waals surface area contributed by atoms with E-state index in [1.165, 1.54) is 6.07 Å². The molecule has 0 radical (unpaired) electrons. The van der Waals surface area contributed by atoms with Crippen molar-refractivity contribution in [3.05, 3.63) is 53.6 Å². The molecule has 20 heavy (non-hydrogen) atoms. The standard InChI is InChI=1S/C15H15F2NO2/c1-2-19-14-7-6-11(18)8-10(14)9-20-15-12(16)4-3-5-13(15)17/h3-8H,2,9,18H2,1H3. The van der Waals surface area contributed by atoms with E-state index in [9.17, 15) is 8.78 Å². The van der Waals surface area contributed by atoms with Crippen molar-refractivity contribution in [1.29, 1.82) is 0 Å². The zero-order chi connectivity index (χ0) is 14.5. The van der Waals surface area contributed by atoms with E-state index in [1.54, 1.807) is 18.2 Å². The van der Waals surface area contributed by atoms with Crippen LogP contribution in [0.25, 0.3) is 0 Å². The first-order valence-corrected chi connectivity index (χ1v) is 6.19. The molecule has 0 aliphatic carbocycles. The molecule has 0 aliphatic rings. The molecule has 0 saturated heterocycles. The zero-order valence-corrected chi connectivity index (χ0v) is 11.0. The number of hydrogen-bond acceptors (Lipinski definition) is 3. The highest BCUT2D eigenvalue weighted by Crippen LogP contribution is 2.26. The third-order valence-electron chi connectivity index (χ3n) is 2.68. The second-order valence-electron chi connectivity index (χ2n) is 4.14. The van der Waals surface area contributed by atoms with Gasteiger partial charge < -0.3 is 15.2 Å². The molecule has 0 saturated carbocycles. The molecule has 0 bridgehead atoms. The van der Waals surface area contributed by atoms with Crippen LogP contribution in [-0.2, 0) is 6.61 Å². The maximum atomic E-state index is 13.5. The summed E-state index contributed by atoms with van der Waals surface area (Å²) in [4.78, 5) is 0. The Morgan fingerprint density at radius 2 is 1.75 bits per heavy atom. The van der Waals surface area contributed by atoms with E-state index in [2.05, 4.69) is 0 Å². The van der Waals surface area contributed by atoms with E-state index < -0.39 is 17.4 Å². The van der Waals surface area contributed by atoms with Gasteiger partial charge in [-0.3, -0.25) is 0 Å². The van der Waals surface area contributed by atoms with Gasteiger partial charge in [0.05, 0.1) is 6.61 Å². The Morgan fingerprint density at radius 1 is 1.05 bits per heavy atom. The molecular weight excluding hydrogens is 264 g/mol. The summed E-state index contributed by atoms with van der Waals surface area (Å²) in [6, 6.07) is 8.61. The first kappa shape index (κ1) is 14.1. The van der Waals surface area contributed by atoms with Crippen LogP contribution >= 0.6 is 0 Å². The van der Waals surface area contributed by atoms with Crippen LogP contribution in [0.3, 0.4) is 0 Å². The molecule has 0 aromatic heterocycles. The van der Waals surface area contributed by atoms with Crippen molar-refractivity contribution in [1.82, 2.24) is 0 Å². The number of hydrogen-bond donors (Lipinski definition) is 1. The number of nitrogens with two attached hydrogens (primary N) is 1. The Morgan fingerprint density at radius 3 is 2.40 bits per heavy atom. The summed E-state index contributed by atoms with van der Waals surface area (Å²) in [7, 11) is 0. The number of anilines is 1. The van der Waals surface area contributed by atoms with E-state index >= 15 is 0 Å². The molecule has 3 nitrogen and oxygen atoms in total. The smallest absolute Gasteiger partial charge is 0.191 e. The van der Waals surface area contributed by atoms with Crippen molar-refractivity contribution < 1.29 is 18.3 Å². The third-order valence-corrected chi connectivity index (χ3v) is 2.68. The molecular formula is C15H15F2NO2. The Balaban J connectivity index is 2.20. The minimum atomic E-state index is -0.744. The van der Waals surface area contributed by atoms with E-state index in [0.717, 1.165) is 12.1 Å². The van der Waals surface area contributed by atoms with E-state index in [4.69, 9.17) is 15.2 Å². The van der Waals surface area contributed by atoms with E-state index in [1.807, 2.05) is 6.92 Å². The predicted molar refractivity (Wildman–Crippen MR) is 72.7 cm³/mol.